The number of anilines is 1. The molecule has 6 heteroatoms. The molecule has 0 bridgehead atoms. The molecule has 1 aliphatic heterocycles. The Bertz CT molecular complexity index is 614. The van der Waals surface area contributed by atoms with E-state index in [1.54, 1.807) is 11.3 Å². The van der Waals surface area contributed by atoms with E-state index in [9.17, 15) is 4.79 Å². The van der Waals surface area contributed by atoms with Gasteiger partial charge in [-0.05, 0) is 18.4 Å². The second-order valence-electron chi connectivity index (χ2n) is 5.26. The summed E-state index contributed by atoms with van der Waals surface area (Å²) in [5, 5.41) is 19.4. The van der Waals surface area contributed by atoms with E-state index in [0.717, 1.165) is 35.9 Å². The number of aromatic nitrogens is 2. The smallest absolute Gasteiger partial charge is 0.308 e. The summed E-state index contributed by atoms with van der Waals surface area (Å²) >= 11 is 1.56. The first kappa shape index (κ1) is 14.0. The number of rotatable bonds is 4. The third kappa shape index (κ3) is 3.39. The van der Waals surface area contributed by atoms with Crippen molar-refractivity contribution < 1.29 is 9.90 Å². The molecule has 2 aromatic rings. The molecule has 0 aliphatic carbocycles. The van der Waals surface area contributed by atoms with Gasteiger partial charge in [-0.15, -0.1) is 10.2 Å². The molecule has 0 spiro atoms. The molecule has 0 amide bonds. The summed E-state index contributed by atoms with van der Waals surface area (Å²) < 4.78 is 0. The highest BCUT2D eigenvalue weighted by molar-refractivity contribution is 7.15. The van der Waals surface area contributed by atoms with Crippen LogP contribution in [-0.4, -0.2) is 34.4 Å². The molecule has 1 aliphatic rings. The van der Waals surface area contributed by atoms with Crippen LogP contribution >= 0.6 is 11.3 Å². The Kier molecular flexibility index (Phi) is 4.15. The van der Waals surface area contributed by atoms with Gasteiger partial charge < -0.3 is 10.0 Å². The van der Waals surface area contributed by atoms with E-state index in [1.807, 2.05) is 18.2 Å². The molecule has 1 fully saturated rings. The Labute approximate surface area is 127 Å². The third-order valence-corrected chi connectivity index (χ3v) is 4.68. The van der Waals surface area contributed by atoms with Gasteiger partial charge in [-0.1, -0.05) is 41.7 Å². The monoisotopic (exact) mass is 303 g/mol. The summed E-state index contributed by atoms with van der Waals surface area (Å²) in [6.45, 7) is 1.40. The van der Waals surface area contributed by atoms with Crippen molar-refractivity contribution in [2.75, 3.05) is 18.0 Å². The topological polar surface area (TPSA) is 66.3 Å². The number of carbonyl (C=O) groups is 1. The average Bonchev–Trinajstić information content (AvgIpc) is 2.97. The molecule has 0 radical (unpaired) electrons. The zero-order valence-electron chi connectivity index (χ0n) is 11.6. The van der Waals surface area contributed by atoms with Crippen LogP contribution in [0.4, 0.5) is 5.13 Å². The minimum absolute atomic E-state index is 0.291. The van der Waals surface area contributed by atoms with Crippen molar-refractivity contribution >= 4 is 22.4 Å². The Balaban J connectivity index is 1.68. The van der Waals surface area contributed by atoms with Crippen LogP contribution in [-0.2, 0) is 11.2 Å². The normalized spacial score (nSPS) is 18.7. The molecule has 5 nitrogen and oxygen atoms in total. The molecule has 3 rings (SSSR count). The van der Waals surface area contributed by atoms with Gasteiger partial charge in [-0.2, -0.15) is 0 Å². The van der Waals surface area contributed by atoms with Crippen molar-refractivity contribution in [3.63, 3.8) is 0 Å². The first-order valence-corrected chi connectivity index (χ1v) is 7.88. The molecule has 1 atom stereocenters. The van der Waals surface area contributed by atoms with Crippen molar-refractivity contribution in [2.24, 2.45) is 5.92 Å². The number of piperidine rings is 1. The van der Waals surface area contributed by atoms with Gasteiger partial charge in [-0.25, -0.2) is 0 Å². The number of nitrogens with zero attached hydrogens (tertiary/aromatic N) is 3. The van der Waals surface area contributed by atoms with E-state index in [0.29, 0.717) is 6.54 Å². The fourth-order valence-electron chi connectivity index (χ4n) is 2.57. The summed E-state index contributed by atoms with van der Waals surface area (Å²) in [5.41, 5.74) is 1.21. The Morgan fingerprint density at radius 1 is 1.33 bits per heavy atom. The van der Waals surface area contributed by atoms with Crippen LogP contribution in [0.3, 0.4) is 0 Å². The van der Waals surface area contributed by atoms with E-state index >= 15 is 0 Å². The zero-order chi connectivity index (χ0) is 14.7. The van der Waals surface area contributed by atoms with Crippen LogP contribution in [0, 0.1) is 5.92 Å². The highest BCUT2D eigenvalue weighted by atomic mass is 32.1. The predicted molar refractivity (Wildman–Crippen MR) is 81.7 cm³/mol. The summed E-state index contributed by atoms with van der Waals surface area (Å²) in [6, 6.07) is 10.2. The number of aliphatic carboxylic acids is 1. The summed E-state index contributed by atoms with van der Waals surface area (Å²) in [5.74, 6) is -1.01. The van der Waals surface area contributed by atoms with Crippen LogP contribution in [0.2, 0.25) is 0 Å². The van der Waals surface area contributed by atoms with Gasteiger partial charge in [0.1, 0.15) is 5.01 Å². The van der Waals surface area contributed by atoms with Crippen LogP contribution in [0.25, 0.3) is 0 Å². The van der Waals surface area contributed by atoms with Gasteiger partial charge in [0.2, 0.25) is 5.13 Å². The van der Waals surface area contributed by atoms with Crippen molar-refractivity contribution in [1.82, 2.24) is 10.2 Å². The zero-order valence-corrected chi connectivity index (χ0v) is 12.4. The first-order valence-electron chi connectivity index (χ1n) is 7.06. The highest BCUT2D eigenvalue weighted by Crippen LogP contribution is 2.27. The second kappa shape index (κ2) is 6.22. The number of hydrogen-bond donors (Lipinski definition) is 1. The van der Waals surface area contributed by atoms with Crippen molar-refractivity contribution in [3.8, 4) is 0 Å². The fraction of sp³-hybridized carbons (Fsp3) is 0.400. The number of benzene rings is 1. The van der Waals surface area contributed by atoms with Crippen molar-refractivity contribution in [1.29, 1.82) is 0 Å². The minimum Gasteiger partial charge on any atom is -0.481 e. The highest BCUT2D eigenvalue weighted by Gasteiger charge is 2.27. The lowest BCUT2D eigenvalue weighted by atomic mass is 9.99. The van der Waals surface area contributed by atoms with Crippen molar-refractivity contribution in [2.45, 2.75) is 19.3 Å². The SMILES string of the molecule is O=C(O)C1CCCN(c2nnc(Cc3ccccc3)s2)C1. The number of carboxylic acid groups (broad SMARTS) is 1. The quantitative estimate of drug-likeness (QED) is 0.939. The van der Waals surface area contributed by atoms with Gasteiger partial charge >= 0.3 is 5.97 Å². The molecule has 1 unspecified atom stereocenters. The van der Waals surface area contributed by atoms with Crippen LogP contribution in [0.5, 0.6) is 0 Å². The van der Waals surface area contributed by atoms with Crippen LogP contribution in [0.1, 0.15) is 23.4 Å². The summed E-state index contributed by atoms with van der Waals surface area (Å²) in [7, 11) is 0. The summed E-state index contributed by atoms with van der Waals surface area (Å²) in [6.07, 6.45) is 2.42. The van der Waals surface area contributed by atoms with E-state index in [1.165, 1.54) is 5.56 Å². The van der Waals surface area contributed by atoms with Crippen molar-refractivity contribution in [3.05, 3.63) is 40.9 Å². The van der Waals surface area contributed by atoms with Gasteiger partial charge in [0.05, 0.1) is 5.92 Å². The van der Waals surface area contributed by atoms with E-state index in [4.69, 9.17) is 5.11 Å². The number of carboxylic acids is 1. The standard InChI is InChI=1S/C15H17N3O2S/c19-14(20)12-7-4-8-18(10-12)15-17-16-13(21-15)9-11-5-2-1-3-6-11/h1-3,5-6,12H,4,7-10H2,(H,19,20). The maximum Gasteiger partial charge on any atom is 0.308 e. The molecule has 1 N–H and O–H groups in total. The maximum atomic E-state index is 11.1. The number of hydrogen-bond acceptors (Lipinski definition) is 5. The molecule has 1 aromatic heterocycles. The molecule has 1 aromatic carbocycles. The lowest BCUT2D eigenvalue weighted by molar-refractivity contribution is -0.141. The van der Waals surface area contributed by atoms with E-state index in [-0.39, 0.29) is 5.92 Å². The van der Waals surface area contributed by atoms with Gasteiger partial charge in [0, 0.05) is 19.5 Å². The van der Waals surface area contributed by atoms with E-state index in [2.05, 4.69) is 27.2 Å². The van der Waals surface area contributed by atoms with Crippen LogP contribution in [0.15, 0.2) is 30.3 Å². The largest absolute Gasteiger partial charge is 0.481 e. The molecular formula is C15H17N3O2S. The van der Waals surface area contributed by atoms with Gasteiger partial charge in [0.15, 0.2) is 0 Å². The summed E-state index contributed by atoms with van der Waals surface area (Å²) in [4.78, 5) is 13.2. The Morgan fingerprint density at radius 2 is 2.14 bits per heavy atom. The van der Waals surface area contributed by atoms with Gasteiger partial charge in [0.25, 0.3) is 0 Å². The lowest BCUT2D eigenvalue weighted by Gasteiger charge is -2.29. The molecule has 2 heterocycles. The molecule has 110 valence electrons. The van der Waals surface area contributed by atoms with E-state index < -0.39 is 5.97 Å². The van der Waals surface area contributed by atoms with Gasteiger partial charge in [-0.3, -0.25) is 4.79 Å². The lowest BCUT2D eigenvalue weighted by Crippen LogP contribution is -2.38. The predicted octanol–water partition coefficient (Wildman–Crippen LogP) is 2.43. The molecule has 21 heavy (non-hydrogen) atoms. The second-order valence-corrected chi connectivity index (χ2v) is 6.30. The maximum absolute atomic E-state index is 11.1. The molecular weight excluding hydrogens is 286 g/mol. The average molecular weight is 303 g/mol. The first-order chi connectivity index (χ1) is 10.2. The fourth-order valence-corrected chi connectivity index (χ4v) is 3.47. The molecule has 1 saturated heterocycles. The third-order valence-electron chi connectivity index (χ3n) is 3.70. The minimum atomic E-state index is -0.714. The molecule has 0 saturated carbocycles. The Morgan fingerprint density at radius 3 is 2.90 bits per heavy atom. The Hall–Kier alpha value is -1.95. The van der Waals surface area contributed by atoms with Crippen LogP contribution < -0.4 is 4.90 Å².